The highest BCUT2D eigenvalue weighted by atomic mass is 16.7. The quantitative estimate of drug-likeness (QED) is 0.507. The Morgan fingerprint density at radius 3 is 2.62 bits per heavy atom. The van der Waals surface area contributed by atoms with Crippen LogP contribution in [0.3, 0.4) is 0 Å². The fourth-order valence-electron chi connectivity index (χ4n) is 3.28. The maximum Gasteiger partial charge on any atom is 0.435 e. The smallest absolute Gasteiger partial charge is 0.306 e. The van der Waals surface area contributed by atoms with Gasteiger partial charge in [-0.3, -0.25) is 9.82 Å². The van der Waals surface area contributed by atoms with Gasteiger partial charge < -0.3 is 4.90 Å². The van der Waals surface area contributed by atoms with Crippen molar-refractivity contribution in [2.75, 3.05) is 13.1 Å². The molecule has 0 atom stereocenters. The minimum Gasteiger partial charge on any atom is -0.306 e. The zero-order valence-electron chi connectivity index (χ0n) is 13.6. The Balaban J connectivity index is 1.60. The lowest BCUT2D eigenvalue weighted by molar-refractivity contribution is 0.0920. The first-order chi connectivity index (χ1) is 11.7. The molecule has 0 saturated carbocycles. The summed E-state index contributed by atoms with van der Waals surface area (Å²) in [6.45, 7) is 3.68. The van der Waals surface area contributed by atoms with E-state index in [1.807, 2.05) is 36.4 Å². The Labute approximate surface area is 141 Å². The fraction of sp³-hybridized carbons (Fsp3) is 0.316. The molecule has 1 aromatic carbocycles. The molecule has 5 heteroatoms. The van der Waals surface area contributed by atoms with Crippen LogP contribution in [0.4, 0.5) is 4.79 Å². The van der Waals surface area contributed by atoms with Gasteiger partial charge in [0.1, 0.15) is 5.71 Å². The van der Waals surface area contributed by atoms with Crippen molar-refractivity contribution in [3.8, 4) is 11.3 Å². The van der Waals surface area contributed by atoms with Crippen LogP contribution in [0.1, 0.15) is 30.9 Å². The molecule has 1 aliphatic carbocycles. The second-order valence-electron chi connectivity index (χ2n) is 6.41. The Kier molecular flexibility index (Phi) is 3.76. The van der Waals surface area contributed by atoms with Crippen molar-refractivity contribution in [1.29, 1.82) is 0 Å². The van der Waals surface area contributed by atoms with Gasteiger partial charge in [0, 0.05) is 36.0 Å². The maximum atomic E-state index is 12.3. The van der Waals surface area contributed by atoms with Gasteiger partial charge in [-0.05, 0) is 30.9 Å². The molecule has 0 unspecified atom stereocenters. The van der Waals surface area contributed by atoms with Crippen molar-refractivity contribution in [3.63, 3.8) is 0 Å². The van der Waals surface area contributed by atoms with Crippen LogP contribution in [-0.4, -0.2) is 34.8 Å². The summed E-state index contributed by atoms with van der Waals surface area (Å²) in [5.41, 5.74) is 4.43. The van der Waals surface area contributed by atoms with Crippen LogP contribution < -0.4 is 0 Å². The number of fused-ring (bicyclic) bond motifs is 3. The minimum absolute atomic E-state index is 0.371. The summed E-state index contributed by atoms with van der Waals surface area (Å²) in [6, 6.07) is 11.7. The van der Waals surface area contributed by atoms with Crippen molar-refractivity contribution in [3.05, 3.63) is 53.7 Å². The molecular weight excluding hydrogens is 302 g/mol. The van der Waals surface area contributed by atoms with E-state index in [1.165, 1.54) is 0 Å². The monoisotopic (exact) mass is 321 g/mol. The lowest BCUT2D eigenvalue weighted by Crippen LogP contribution is -2.37. The van der Waals surface area contributed by atoms with Crippen LogP contribution >= 0.6 is 0 Å². The molecule has 24 heavy (non-hydrogen) atoms. The average molecular weight is 321 g/mol. The number of carbonyl (C=O) groups excluding carboxylic acids is 1. The highest BCUT2D eigenvalue weighted by molar-refractivity contribution is 6.23. The van der Waals surface area contributed by atoms with E-state index in [-0.39, 0.29) is 6.09 Å². The van der Waals surface area contributed by atoms with E-state index >= 15 is 0 Å². The van der Waals surface area contributed by atoms with Crippen molar-refractivity contribution in [2.45, 2.75) is 19.8 Å². The second kappa shape index (κ2) is 6.07. The van der Waals surface area contributed by atoms with Gasteiger partial charge in [-0.15, -0.1) is 0 Å². The number of hydrogen-bond acceptors (Lipinski definition) is 4. The van der Waals surface area contributed by atoms with Crippen molar-refractivity contribution in [2.24, 2.45) is 11.1 Å². The lowest BCUT2D eigenvalue weighted by atomic mass is 10.00. The summed E-state index contributed by atoms with van der Waals surface area (Å²) < 4.78 is 0. The standard InChI is InChI=1S/C19H19N3O2/c1-13-8-11-22(12-9-13)19(23)24-21-18-15-6-3-2-5-14(15)17-16(18)7-4-10-20-17/h2-7,10,13H,8-9,11-12H2,1H3. The van der Waals surface area contributed by atoms with E-state index in [0.717, 1.165) is 48.3 Å². The van der Waals surface area contributed by atoms with Gasteiger partial charge in [0.05, 0.1) is 5.69 Å². The first-order valence-electron chi connectivity index (χ1n) is 8.33. The predicted molar refractivity (Wildman–Crippen MR) is 91.8 cm³/mol. The van der Waals surface area contributed by atoms with Crippen molar-refractivity contribution in [1.82, 2.24) is 9.88 Å². The number of likely N-dealkylation sites (tertiary alicyclic amines) is 1. The zero-order valence-corrected chi connectivity index (χ0v) is 13.6. The van der Waals surface area contributed by atoms with Crippen LogP contribution in [0.2, 0.25) is 0 Å². The van der Waals surface area contributed by atoms with E-state index < -0.39 is 0 Å². The van der Waals surface area contributed by atoms with Crippen LogP contribution in [0.5, 0.6) is 0 Å². The second-order valence-corrected chi connectivity index (χ2v) is 6.41. The van der Waals surface area contributed by atoms with E-state index in [1.54, 1.807) is 11.1 Å². The Morgan fingerprint density at radius 2 is 1.83 bits per heavy atom. The molecule has 0 spiro atoms. The number of oxime groups is 1. The largest absolute Gasteiger partial charge is 0.435 e. The summed E-state index contributed by atoms with van der Waals surface area (Å²) in [4.78, 5) is 23.7. The summed E-state index contributed by atoms with van der Waals surface area (Å²) in [5, 5.41) is 4.19. The number of amides is 1. The third-order valence-electron chi connectivity index (χ3n) is 4.76. The number of nitrogens with zero attached hydrogens (tertiary/aromatic N) is 3. The molecule has 1 aromatic heterocycles. The summed E-state index contributed by atoms with van der Waals surface area (Å²) in [7, 11) is 0. The van der Waals surface area contributed by atoms with Gasteiger partial charge in [-0.2, -0.15) is 0 Å². The SMILES string of the molecule is CC1CCN(C(=O)ON=C2c3ccccc3-c3ncccc32)CC1. The first kappa shape index (κ1) is 14.9. The zero-order chi connectivity index (χ0) is 16.5. The van der Waals surface area contributed by atoms with Crippen molar-refractivity contribution >= 4 is 11.8 Å². The molecule has 0 radical (unpaired) electrons. The first-order valence-corrected chi connectivity index (χ1v) is 8.33. The predicted octanol–water partition coefficient (Wildman–Crippen LogP) is 3.68. The van der Waals surface area contributed by atoms with Gasteiger partial charge in [0.2, 0.25) is 0 Å². The number of piperidine rings is 1. The molecule has 0 N–H and O–H groups in total. The molecule has 0 bridgehead atoms. The molecule has 2 aliphatic rings. The van der Waals surface area contributed by atoms with Crippen LogP contribution in [0.25, 0.3) is 11.3 Å². The molecule has 1 saturated heterocycles. The molecule has 5 nitrogen and oxygen atoms in total. The minimum atomic E-state index is -0.371. The molecule has 1 amide bonds. The number of carbonyl (C=O) groups is 1. The maximum absolute atomic E-state index is 12.3. The van der Waals surface area contributed by atoms with Gasteiger partial charge in [0.25, 0.3) is 0 Å². The van der Waals surface area contributed by atoms with Crippen LogP contribution in [0, 0.1) is 5.92 Å². The van der Waals surface area contributed by atoms with E-state index in [0.29, 0.717) is 11.6 Å². The Bertz CT molecular complexity index is 760. The van der Waals surface area contributed by atoms with Gasteiger partial charge in [-0.25, -0.2) is 4.79 Å². The number of pyridine rings is 1. The van der Waals surface area contributed by atoms with Crippen LogP contribution in [-0.2, 0) is 4.84 Å². The number of aromatic nitrogens is 1. The number of hydrogen-bond donors (Lipinski definition) is 0. The molecular formula is C19H19N3O2. The Morgan fingerprint density at radius 1 is 1.12 bits per heavy atom. The van der Waals surface area contributed by atoms with Crippen molar-refractivity contribution < 1.29 is 9.63 Å². The lowest BCUT2D eigenvalue weighted by Gasteiger charge is -2.28. The fourth-order valence-corrected chi connectivity index (χ4v) is 3.28. The molecule has 2 heterocycles. The van der Waals surface area contributed by atoms with Crippen LogP contribution in [0.15, 0.2) is 47.8 Å². The average Bonchev–Trinajstić information content (AvgIpc) is 2.94. The third kappa shape index (κ3) is 2.56. The summed E-state index contributed by atoms with van der Waals surface area (Å²) >= 11 is 0. The van der Waals surface area contributed by atoms with E-state index in [2.05, 4.69) is 17.1 Å². The molecule has 1 fully saturated rings. The highest BCUT2D eigenvalue weighted by Gasteiger charge is 2.27. The normalized spacial score (nSPS) is 18.4. The highest BCUT2D eigenvalue weighted by Crippen LogP contribution is 2.35. The topological polar surface area (TPSA) is 54.8 Å². The number of rotatable bonds is 1. The molecule has 2 aromatic rings. The van der Waals surface area contributed by atoms with Gasteiger partial charge in [-0.1, -0.05) is 36.3 Å². The van der Waals surface area contributed by atoms with E-state index in [4.69, 9.17) is 4.84 Å². The van der Waals surface area contributed by atoms with Gasteiger partial charge in [0.15, 0.2) is 0 Å². The van der Waals surface area contributed by atoms with E-state index in [9.17, 15) is 4.79 Å². The Hall–Kier alpha value is -2.69. The molecule has 1 aliphatic heterocycles. The summed E-state index contributed by atoms with van der Waals surface area (Å²) in [6.07, 6.45) is 3.42. The molecule has 122 valence electrons. The third-order valence-corrected chi connectivity index (χ3v) is 4.76. The number of benzene rings is 1. The summed E-state index contributed by atoms with van der Waals surface area (Å²) in [5.74, 6) is 0.667. The molecule has 4 rings (SSSR count). The van der Waals surface area contributed by atoms with Gasteiger partial charge >= 0.3 is 6.09 Å².